The zero-order chi connectivity index (χ0) is 15.3. The molecule has 6 heteroatoms. The van der Waals surface area contributed by atoms with Gasteiger partial charge in [0.15, 0.2) is 0 Å². The lowest BCUT2D eigenvalue weighted by Gasteiger charge is -2.38. The monoisotopic (exact) mass is 299 g/mol. The maximum Gasteiger partial charge on any atom is 0.235 e. The van der Waals surface area contributed by atoms with Crippen LogP contribution in [0.5, 0.6) is 0 Å². The molecule has 0 radical (unpaired) electrons. The van der Waals surface area contributed by atoms with Crippen LogP contribution in [0.15, 0.2) is 0 Å². The van der Waals surface area contributed by atoms with Crippen LogP contribution in [0.25, 0.3) is 0 Å². The van der Waals surface area contributed by atoms with E-state index in [1.165, 1.54) is 0 Å². The molecule has 0 saturated carbocycles. The number of carbonyl (C=O) groups excluding carboxylic acids is 2. The Morgan fingerprint density at radius 1 is 1.30 bits per heavy atom. The molecule has 0 spiro atoms. The molecule has 1 aliphatic rings. The third kappa shape index (κ3) is 3.11. The predicted molar refractivity (Wildman–Crippen MR) is 83.2 cm³/mol. The Morgan fingerprint density at radius 2 is 1.80 bits per heavy atom. The van der Waals surface area contributed by atoms with E-state index in [1.807, 2.05) is 18.7 Å². The topological polar surface area (TPSA) is 75.4 Å². The quantitative estimate of drug-likeness (QED) is 0.745. The van der Waals surface area contributed by atoms with Gasteiger partial charge >= 0.3 is 0 Å². The number of piperidine rings is 1. The SMILES string of the molecule is CCC(CC)(C(=O)N1CCC(C(=O)NC)CC1)C(N)=S. The largest absolute Gasteiger partial charge is 0.392 e. The van der Waals surface area contributed by atoms with Crippen LogP contribution in [0.2, 0.25) is 0 Å². The summed E-state index contributed by atoms with van der Waals surface area (Å²) >= 11 is 5.12. The van der Waals surface area contributed by atoms with E-state index in [9.17, 15) is 9.59 Å². The number of amides is 2. The minimum atomic E-state index is -0.727. The van der Waals surface area contributed by atoms with Crippen molar-refractivity contribution in [1.82, 2.24) is 10.2 Å². The highest BCUT2D eigenvalue weighted by Gasteiger charge is 2.42. The van der Waals surface area contributed by atoms with Gasteiger partial charge in [-0.15, -0.1) is 0 Å². The molecule has 1 rings (SSSR count). The third-order valence-corrected chi connectivity index (χ3v) is 4.88. The average molecular weight is 299 g/mol. The Hall–Kier alpha value is -1.17. The molecule has 114 valence electrons. The van der Waals surface area contributed by atoms with Crippen LogP contribution in [0.3, 0.4) is 0 Å². The van der Waals surface area contributed by atoms with Gasteiger partial charge in [0, 0.05) is 26.1 Å². The number of nitrogens with zero attached hydrogens (tertiary/aromatic N) is 1. The van der Waals surface area contributed by atoms with Crippen molar-refractivity contribution in [3.05, 3.63) is 0 Å². The van der Waals surface area contributed by atoms with Crippen molar-refractivity contribution in [2.45, 2.75) is 39.5 Å². The second kappa shape index (κ2) is 7.02. The molecule has 1 aliphatic heterocycles. The number of carbonyl (C=O) groups is 2. The van der Waals surface area contributed by atoms with Crippen molar-refractivity contribution in [2.75, 3.05) is 20.1 Å². The van der Waals surface area contributed by atoms with E-state index < -0.39 is 5.41 Å². The van der Waals surface area contributed by atoms with E-state index >= 15 is 0 Å². The van der Waals surface area contributed by atoms with Gasteiger partial charge in [-0.05, 0) is 25.7 Å². The number of nitrogens with two attached hydrogens (primary N) is 1. The minimum Gasteiger partial charge on any atom is -0.392 e. The Kier molecular flexibility index (Phi) is 5.92. The van der Waals surface area contributed by atoms with Crippen LogP contribution in [0, 0.1) is 11.3 Å². The predicted octanol–water partition coefficient (Wildman–Crippen LogP) is 1.06. The van der Waals surface area contributed by atoms with Crippen molar-refractivity contribution in [3.63, 3.8) is 0 Å². The lowest BCUT2D eigenvalue weighted by atomic mass is 9.80. The second-order valence-electron chi connectivity index (χ2n) is 5.33. The van der Waals surface area contributed by atoms with Gasteiger partial charge in [-0.2, -0.15) is 0 Å². The first-order chi connectivity index (χ1) is 9.42. The molecule has 1 heterocycles. The Morgan fingerprint density at radius 3 is 2.15 bits per heavy atom. The molecule has 0 unspecified atom stereocenters. The number of likely N-dealkylation sites (tertiary alicyclic amines) is 1. The molecule has 2 amide bonds. The summed E-state index contributed by atoms with van der Waals surface area (Å²) in [6, 6.07) is 0. The maximum atomic E-state index is 12.7. The Labute approximate surface area is 126 Å². The molecule has 0 atom stereocenters. The maximum absolute atomic E-state index is 12.7. The van der Waals surface area contributed by atoms with Gasteiger partial charge in [-0.3, -0.25) is 9.59 Å². The second-order valence-corrected chi connectivity index (χ2v) is 5.77. The molecular weight excluding hydrogens is 274 g/mol. The van der Waals surface area contributed by atoms with E-state index in [-0.39, 0.29) is 22.7 Å². The van der Waals surface area contributed by atoms with Crippen molar-refractivity contribution in [1.29, 1.82) is 0 Å². The molecule has 0 aromatic heterocycles. The van der Waals surface area contributed by atoms with E-state index in [4.69, 9.17) is 18.0 Å². The van der Waals surface area contributed by atoms with E-state index in [1.54, 1.807) is 7.05 Å². The van der Waals surface area contributed by atoms with Gasteiger partial charge in [-0.1, -0.05) is 26.1 Å². The third-order valence-electron chi connectivity index (χ3n) is 4.49. The fourth-order valence-corrected chi connectivity index (χ4v) is 3.23. The summed E-state index contributed by atoms with van der Waals surface area (Å²) in [4.78, 5) is 26.4. The van der Waals surface area contributed by atoms with Crippen LogP contribution in [-0.2, 0) is 9.59 Å². The number of thiocarbonyl (C=S) groups is 1. The fraction of sp³-hybridized carbons (Fsp3) is 0.786. The highest BCUT2D eigenvalue weighted by molar-refractivity contribution is 7.80. The summed E-state index contributed by atoms with van der Waals surface area (Å²) in [7, 11) is 1.64. The van der Waals surface area contributed by atoms with Crippen LogP contribution in [-0.4, -0.2) is 41.8 Å². The summed E-state index contributed by atoms with van der Waals surface area (Å²) in [5.41, 5.74) is 5.09. The van der Waals surface area contributed by atoms with Gasteiger partial charge in [0.2, 0.25) is 11.8 Å². The zero-order valence-corrected chi connectivity index (χ0v) is 13.4. The van der Waals surface area contributed by atoms with Crippen LogP contribution < -0.4 is 11.1 Å². The molecule has 0 aliphatic carbocycles. The molecule has 1 fully saturated rings. The van der Waals surface area contributed by atoms with Gasteiger partial charge in [0.1, 0.15) is 0 Å². The normalized spacial score (nSPS) is 16.9. The number of rotatable bonds is 5. The lowest BCUT2D eigenvalue weighted by Crippen LogP contribution is -2.52. The van der Waals surface area contributed by atoms with Gasteiger partial charge in [-0.25, -0.2) is 0 Å². The summed E-state index contributed by atoms with van der Waals surface area (Å²) in [5.74, 6) is 0.0839. The molecule has 20 heavy (non-hydrogen) atoms. The number of hydrogen-bond acceptors (Lipinski definition) is 3. The standard InChI is InChI=1S/C14H25N3O2S/c1-4-14(5-2,12(15)20)13(19)17-8-6-10(7-9-17)11(18)16-3/h10H,4-9H2,1-3H3,(H2,15,20)(H,16,18). The molecule has 0 aromatic carbocycles. The Bertz CT molecular complexity index is 386. The average Bonchev–Trinajstić information content (AvgIpc) is 2.48. The summed E-state index contributed by atoms with van der Waals surface area (Å²) in [6.07, 6.45) is 2.64. The van der Waals surface area contributed by atoms with Crippen LogP contribution in [0.1, 0.15) is 39.5 Å². The number of hydrogen-bond donors (Lipinski definition) is 2. The fourth-order valence-electron chi connectivity index (χ4n) is 2.86. The highest BCUT2D eigenvalue weighted by atomic mass is 32.1. The molecule has 3 N–H and O–H groups in total. The van der Waals surface area contributed by atoms with Crippen molar-refractivity contribution in [2.24, 2.45) is 17.1 Å². The van der Waals surface area contributed by atoms with Crippen LogP contribution in [0.4, 0.5) is 0 Å². The Balaban J connectivity index is 2.75. The summed E-state index contributed by atoms with van der Waals surface area (Å²) in [6.45, 7) is 5.08. The zero-order valence-electron chi connectivity index (χ0n) is 12.6. The van der Waals surface area contributed by atoms with E-state index in [0.29, 0.717) is 38.8 Å². The van der Waals surface area contributed by atoms with Crippen molar-refractivity contribution in [3.8, 4) is 0 Å². The lowest BCUT2D eigenvalue weighted by molar-refractivity contribution is -0.141. The first-order valence-corrected chi connectivity index (χ1v) is 7.64. The van der Waals surface area contributed by atoms with E-state index in [0.717, 1.165) is 0 Å². The van der Waals surface area contributed by atoms with Crippen molar-refractivity contribution < 1.29 is 9.59 Å². The summed E-state index contributed by atoms with van der Waals surface area (Å²) in [5, 5.41) is 2.67. The number of nitrogens with one attached hydrogen (secondary N) is 1. The van der Waals surface area contributed by atoms with E-state index in [2.05, 4.69) is 5.32 Å². The summed E-state index contributed by atoms with van der Waals surface area (Å²) < 4.78 is 0. The molecule has 0 aromatic rings. The van der Waals surface area contributed by atoms with Crippen molar-refractivity contribution >= 4 is 29.0 Å². The van der Waals surface area contributed by atoms with Gasteiger partial charge < -0.3 is 16.0 Å². The molecule has 0 bridgehead atoms. The first kappa shape index (κ1) is 16.9. The van der Waals surface area contributed by atoms with Gasteiger partial charge in [0.25, 0.3) is 0 Å². The van der Waals surface area contributed by atoms with Gasteiger partial charge in [0.05, 0.1) is 10.4 Å². The van der Waals surface area contributed by atoms with Crippen LogP contribution >= 0.6 is 12.2 Å². The smallest absolute Gasteiger partial charge is 0.235 e. The molecular formula is C14H25N3O2S. The molecule has 5 nitrogen and oxygen atoms in total. The first-order valence-electron chi connectivity index (χ1n) is 7.23. The molecule has 1 saturated heterocycles. The highest BCUT2D eigenvalue weighted by Crippen LogP contribution is 2.31. The minimum absolute atomic E-state index is 0.00605.